The summed E-state index contributed by atoms with van der Waals surface area (Å²) >= 11 is 5.60. The highest BCUT2D eigenvalue weighted by atomic mass is 32.1. The minimum absolute atomic E-state index is 0.636. The average Bonchev–Trinajstić information content (AvgIpc) is 2.92. The number of rotatable bonds is 4. The number of aryl methyl sites for hydroxylation is 2. The standard InChI is InChI=1S/C17H25N5S/c1-4-15-7-5-6-10-20(15)12-21-17(23)22(19-18-21)16-9-8-13(2)14(3)11-16/h8-9,11,15H,4-7,10,12H2,1-3H3/t15-/m0/s1. The van der Waals surface area contributed by atoms with Crippen LogP contribution in [0.3, 0.4) is 0 Å². The van der Waals surface area contributed by atoms with Gasteiger partial charge in [-0.1, -0.05) is 19.4 Å². The van der Waals surface area contributed by atoms with E-state index in [0.717, 1.165) is 18.9 Å². The van der Waals surface area contributed by atoms with Crippen molar-refractivity contribution in [2.45, 2.75) is 59.2 Å². The summed E-state index contributed by atoms with van der Waals surface area (Å²) < 4.78 is 4.26. The Balaban J connectivity index is 1.84. The van der Waals surface area contributed by atoms with Crippen molar-refractivity contribution in [1.82, 2.24) is 24.7 Å². The third-order valence-electron chi connectivity index (χ3n) is 4.91. The fourth-order valence-corrected chi connectivity index (χ4v) is 3.50. The highest BCUT2D eigenvalue weighted by molar-refractivity contribution is 7.71. The minimum atomic E-state index is 0.636. The maximum Gasteiger partial charge on any atom is 0.221 e. The number of aromatic nitrogens is 4. The van der Waals surface area contributed by atoms with Gasteiger partial charge in [-0.15, -0.1) is 0 Å². The molecule has 1 aliphatic rings. The second-order valence-electron chi connectivity index (χ2n) is 6.45. The molecule has 6 heteroatoms. The number of nitrogens with zero attached hydrogens (tertiary/aromatic N) is 5. The van der Waals surface area contributed by atoms with Gasteiger partial charge < -0.3 is 0 Å². The molecule has 0 N–H and O–H groups in total. The molecule has 1 atom stereocenters. The zero-order valence-electron chi connectivity index (χ0n) is 14.2. The quantitative estimate of drug-likeness (QED) is 0.802. The summed E-state index contributed by atoms with van der Waals surface area (Å²) in [6, 6.07) is 6.90. The molecule has 1 fully saturated rings. The lowest BCUT2D eigenvalue weighted by molar-refractivity contribution is 0.0996. The highest BCUT2D eigenvalue weighted by Gasteiger charge is 2.21. The van der Waals surface area contributed by atoms with Crippen LogP contribution < -0.4 is 0 Å². The van der Waals surface area contributed by atoms with Crippen molar-refractivity contribution in [2.24, 2.45) is 0 Å². The van der Waals surface area contributed by atoms with E-state index in [9.17, 15) is 0 Å². The third-order valence-corrected chi connectivity index (χ3v) is 5.29. The normalized spacial score (nSPS) is 19.2. The predicted molar refractivity (Wildman–Crippen MR) is 94.3 cm³/mol. The van der Waals surface area contributed by atoms with Crippen molar-refractivity contribution in [1.29, 1.82) is 0 Å². The van der Waals surface area contributed by atoms with E-state index >= 15 is 0 Å². The number of benzene rings is 1. The van der Waals surface area contributed by atoms with Crippen molar-refractivity contribution >= 4 is 12.2 Å². The topological polar surface area (TPSA) is 38.9 Å². The van der Waals surface area contributed by atoms with Gasteiger partial charge in [0.2, 0.25) is 4.77 Å². The molecule has 0 unspecified atom stereocenters. The Kier molecular flexibility index (Phi) is 4.92. The lowest BCUT2D eigenvalue weighted by Crippen LogP contribution is -2.40. The molecule has 0 bridgehead atoms. The molecule has 0 aliphatic carbocycles. The van der Waals surface area contributed by atoms with Crippen LogP contribution in [0.1, 0.15) is 43.7 Å². The third kappa shape index (κ3) is 3.38. The molecule has 23 heavy (non-hydrogen) atoms. The van der Waals surface area contributed by atoms with Gasteiger partial charge in [-0.25, -0.2) is 4.68 Å². The Morgan fingerprint density at radius 1 is 1.17 bits per heavy atom. The summed E-state index contributed by atoms with van der Waals surface area (Å²) in [6.07, 6.45) is 5.04. The van der Waals surface area contributed by atoms with Gasteiger partial charge in [0.15, 0.2) is 0 Å². The van der Waals surface area contributed by atoms with Gasteiger partial charge in [-0.05, 0) is 79.0 Å². The predicted octanol–water partition coefficient (Wildman–Crippen LogP) is 3.64. The van der Waals surface area contributed by atoms with E-state index in [-0.39, 0.29) is 0 Å². The maximum atomic E-state index is 5.60. The molecule has 0 amide bonds. The van der Waals surface area contributed by atoms with Crippen molar-refractivity contribution in [2.75, 3.05) is 6.54 Å². The van der Waals surface area contributed by atoms with Crippen LogP contribution in [0, 0.1) is 18.6 Å². The zero-order chi connectivity index (χ0) is 16.4. The lowest BCUT2D eigenvalue weighted by Gasteiger charge is -2.34. The molecule has 124 valence electrons. The summed E-state index contributed by atoms with van der Waals surface area (Å²) in [5.41, 5.74) is 3.49. The minimum Gasteiger partial charge on any atom is -0.281 e. The van der Waals surface area contributed by atoms with Crippen LogP contribution in [0.5, 0.6) is 0 Å². The first-order chi connectivity index (χ1) is 11.1. The van der Waals surface area contributed by atoms with Crippen molar-refractivity contribution in [3.63, 3.8) is 0 Å². The van der Waals surface area contributed by atoms with Gasteiger partial charge in [-0.3, -0.25) is 4.90 Å². The lowest BCUT2D eigenvalue weighted by atomic mass is 10.0. The maximum absolute atomic E-state index is 5.60. The zero-order valence-corrected chi connectivity index (χ0v) is 15.0. The fraction of sp³-hybridized carbons (Fsp3) is 0.588. The summed E-state index contributed by atoms with van der Waals surface area (Å²) in [4.78, 5) is 2.48. The first-order valence-corrected chi connectivity index (χ1v) is 8.85. The van der Waals surface area contributed by atoms with E-state index in [2.05, 4.69) is 48.2 Å². The Bertz CT molecular complexity index is 733. The highest BCUT2D eigenvalue weighted by Crippen LogP contribution is 2.20. The largest absolute Gasteiger partial charge is 0.281 e. The molecule has 5 nitrogen and oxygen atoms in total. The summed E-state index contributed by atoms with van der Waals surface area (Å²) in [7, 11) is 0. The molecule has 1 aromatic carbocycles. The second-order valence-corrected chi connectivity index (χ2v) is 6.82. The number of tetrazole rings is 1. The van der Waals surface area contributed by atoms with Crippen molar-refractivity contribution in [3.8, 4) is 5.69 Å². The molecule has 1 aromatic heterocycles. The Morgan fingerprint density at radius 2 is 2.00 bits per heavy atom. The second kappa shape index (κ2) is 6.93. The molecular weight excluding hydrogens is 306 g/mol. The van der Waals surface area contributed by atoms with Crippen molar-refractivity contribution in [3.05, 3.63) is 34.1 Å². The Morgan fingerprint density at radius 3 is 2.74 bits per heavy atom. The summed E-state index contributed by atoms with van der Waals surface area (Å²) in [5.74, 6) is 0. The molecule has 3 rings (SSSR count). The number of hydrogen-bond acceptors (Lipinski definition) is 4. The Hall–Kier alpha value is -1.53. The van der Waals surface area contributed by atoms with Gasteiger partial charge in [0.1, 0.15) is 0 Å². The number of hydrogen-bond donors (Lipinski definition) is 0. The summed E-state index contributed by atoms with van der Waals surface area (Å²) in [6.45, 7) is 8.33. The Labute approximate surface area is 142 Å². The smallest absolute Gasteiger partial charge is 0.221 e. The molecule has 1 saturated heterocycles. The van der Waals surface area contributed by atoms with Gasteiger partial charge in [0.05, 0.1) is 12.4 Å². The van der Waals surface area contributed by atoms with Gasteiger partial charge >= 0.3 is 0 Å². The van der Waals surface area contributed by atoms with E-state index < -0.39 is 0 Å². The molecule has 2 aromatic rings. The van der Waals surface area contributed by atoms with Crippen LogP contribution in [-0.4, -0.2) is 37.3 Å². The van der Waals surface area contributed by atoms with Crippen LogP contribution >= 0.6 is 12.2 Å². The number of likely N-dealkylation sites (tertiary alicyclic amines) is 1. The van der Waals surface area contributed by atoms with Gasteiger partial charge in [0.25, 0.3) is 0 Å². The molecule has 0 radical (unpaired) electrons. The van der Waals surface area contributed by atoms with Crippen LogP contribution in [0.4, 0.5) is 0 Å². The first-order valence-electron chi connectivity index (χ1n) is 8.44. The molecule has 0 spiro atoms. The molecular formula is C17H25N5S. The number of piperidine rings is 1. The van der Waals surface area contributed by atoms with E-state index in [1.165, 1.54) is 36.8 Å². The van der Waals surface area contributed by atoms with Crippen LogP contribution in [-0.2, 0) is 6.67 Å². The van der Waals surface area contributed by atoms with Gasteiger partial charge in [0, 0.05) is 12.6 Å². The first kappa shape index (κ1) is 16.3. The van der Waals surface area contributed by atoms with E-state index in [1.807, 2.05) is 10.7 Å². The average molecular weight is 331 g/mol. The van der Waals surface area contributed by atoms with Gasteiger partial charge in [-0.2, -0.15) is 4.68 Å². The fourth-order valence-electron chi connectivity index (χ4n) is 3.26. The molecule has 1 aliphatic heterocycles. The van der Waals surface area contributed by atoms with Crippen LogP contribution in [0.15, 0.2) is 18.2 Å². The van der Waals surface area contributed by atoms with E-state index in [4.69, 9.17) is 12.2 Å². The molecule has 2 heterocycles. The van der Waals surface area contributed by atoms with Crippen LogP contribution in [0.25, 0.3) is 5.69 Å². The van der Waals surface area contributed by atoms with Crippen LogP contribution in [0.2, 0.25) is 0 Å². The molecule has 0 saturated carbocycles. The SMILES string of the molecule is CC[C@H]1CCCCN1Cn1nnn(-c2ccc(C)c(C)c2)c1=S. The summed E-state index contributed by atoms with van der Waals surface area (Å²) in [5, 5.41) is 8.56. The van der Waals surface area contributed by atoms with E-state index in [1.54, 1.807) is 4.68 Å². The van der Waals surface area contributed by atoms with Crippen molar-refractivity contribution < 1.29 is 0 Å². The van der Waals surface area contributed by atoms with E-state index in [0.29, 0.717) is 10.8 Å². The monoisotopic (exact) mass is 331 g/mol.